The smallest absolute Gasteiger partial charge is 0.260 e. The third kappa shape index (κ3) is 3.38. The van der Waals surface area contributed by atoms with Gasteiger partial charge in [-0.3, -0.25) is 4.79 Å². The highest BCUT2D eigenvalue weighted by molar-refractivity contribution is 5.79. The van der Waals surface area contributed by atoms with Gasteiger partial charge in [0.15, 0.2) is 6.61 Å². The van der Waals surface area contributed by atoms with Crippen LogP contribution in [-0.4, -0.2) is 41.2 Å². The Morgan fingerprint density at radius 1 is 1.42 bits per heavy atom. The van der Waals surface area contributed by atoms with Gasteiger partial charge in [-0.25, -0.2) is 0 Å². The molecule has 1 aliphatic heterocycles. The first-order valence-corrected chi connectivity index (χ1v) is 6.51. The molecule has 0 aromatic heterocycles. The topological polar surface area (TPSA) is 75.8 Å². The van der Waals surface area contributed by atoms with Crippen molar-refractivity contribution in [2.75, 3.05) is 25.4 Å². The highest BCUT2D eigenvalue weighted by Crippen LogP contribution is 2.25. The number of nitrogen functional groups attached to an aromatic ring is 1. The van der Waals surface area contributed by atoms with Crippen LogP contribution in [0.5, 0.6) is 5.75 Å². The second-order valence-corrected chi connectivity index (χ2v) is 5.08. The van der Waals surface area contributed by atoms with Crippen molar-refractivity contribution in [2.24, 2.45) is 0 Å². The van der Waals surface area contributed by atoms with E-state index in [0.717, 1.165) is 12.8 Å². The Balaban J connectivity index is 1.76. The van der Waals surface area contributed by atoms with E-state index in [1.807, 2.05) is 6.92 Å². The first-order chi connectivity index (χ1) is 9.02. The van der Waals surface area contributed by atoms with E-state index < -0.39 is 5.60 Å². The van der Waals surface area contributed by atoms with Crippen LogP contribution in [0.4, 0.5) is 5.69 Å². The van der Waals surface area contributed by atoms with Gasteiger partial charge in [-0.2, -0.15) is 0 Å². The molecule has 1 amide bonds. The molecule has 1 fully saturated rings. The summed E-state index contributed by atoms with van der Waals surface area (Å²) in [5.74, 6) is 0.518. The van der Waals surface area contributed by atoms with Crippen molar-refractivity contribution in [3.05, 3.63) is 24.3 Å². The number of benzene rings is 1. The Morgan fingerprint density at radius 2 is 2.05 bits per heavy atom. The summed E-state index contributed by atoms with van der Waals surface area (Å²) < 4.78 is 5.38. The second-order valence-electron chi connectivity index (χ2n) is 5.08. The summed E-state index contributed by atoms with van der Waals surface area (Å²) in [5.41, 5.74) is 5.53. The fourth-order valence-electron chi connectivity index (χ4n) is 2.26. The predicted octanol–water partition coefficient (Wildman–Crippen LogP) is 1.02. The van der Waals surface area contributed by atoms with E-state index in [1.54, 1.807) is 29.2 Å². The Bertz CT molecular complexity index is 439. The molecular formula is C14H20N2O3. The van der Waals surface area contributed by atoms with Gasteiger partial charge in [0.1, 0.15) is 5.75 Å². The highest BCUT2D eigenvalue weighted by atomic mass is 16.5. The number of aliphatic hydroxyl groups is 1. The first-order valence-electron chi connectivity index (χ1n) is 6.51. The zero-order valence-corrected chi connectivity index (χ0v) is 11.1. The van der Waals surface area contributed by atoms with E-state index in [-0.39, 0.29) is 12.5 Å². The summed E-state index contributed by atoms with van der Waals surface area (Å²) in [6, 6.07) is 6.91. The van der Waals surface area contributed by atoms with Crippen LogP contribution in [0, 0.1) is 0 Å². The van der Waals surface area contributed by atoms with Crippen LogP contribution in [0.15, 0.2) is 24.3 Å². The molecule has 0 radical (unpaired) electrons. The minimum absolute atomic E-state index is 0.00781. The van der Waals surface area contributed by atoms with Gasteiger partial charge in [-0.05, 0) is 30.7 Å². The fourth-order valence-corrected chi connectivity index (χ4v) is 2.26. The normalized spacial score (nSPS) is 16.8. The number of carbonyl (C=O) groups is 1. The molecule has 0 atom stereocenters. The number of hydrogen-bond acceptors (Lipinski definition) is 4. The van der Waals surface area contributed by atoms with Gasteiger partial charge < -0.3 is 20.5 Å². The fraction of sp³-hybridized carbons (Fsp3) is 0.500. The van der Waals surface area contributed by atoms with Gasteiger partial charge in [0.05, 0.1) is 18.7 Å². The van der Waals surface area contributed by atoms with Crippen molar-refractivity contribution in [2.45, 2.75) is 25.4 Å². The summed E-state index contributed by atoms with van der Waals surface area (Å²) in [5, 5.41) is 10.00. The molecule has 0 saturated carbocycles. The molecule has 1 aromatic carbocycles. The molecule has 1 saturated heterocycles. The van der Waals surface area contributed by atoms with Crippen LogP contribution in [0.3, 0.4) is 0 Å². The van der Waals surface area contributed by atoms with E-state index in [9.17, 15) is 9.90 Å². The van der Waals surface area contributed by atoms with Gasteiger partial charge in [0.2, 0.25) is 0 Å². The van der Waals surface area contributed by atoms with E-state index in [2.05, 4.69) is 0 Å². The highest BCUT2D eigenvalue weighted by Gasteiger charge is 2.42. The number of ether oxygens (including phenoxy) is 1. The van der Waals surface area contributed by atoms with Crippen LogP contribution in [0.25, 0.3) is 0 Å². The molecule has 3 N–H and O–H groups in total. The Morgan fingerprint density at radius 3 is 2.63 bits per heavy atom. The maximum atomic E-state index is 11.8. The van der Waals surface area contributed by atoms with Crippen molar-refractivity contribution in [3.63, 3.8) is 0 Å². The molecule has 1 heterocycles. The average molecular weight is 264 g/mol. The van der Waals surface area contributed by atoms with E-state index in [4.69, 9.17) is 10.5 Å². The lowest BCUT2D eigenvalue weighted by molar-refractivity contribution is -0.158. The monoisotopic (exact) mass is 264 g/mol. The number of nitrogens with zero attached hydrogens (tertiary/aromatic N) is 1. The third-order valence-electron chi connectivity index (χ3n) is 3.28. The maximum Gasteiger partial charge on any atom is 0.260 e. The Hall–Kier alpha value is -1.75. The molecular weight excluding hydrogens is 244 g/mol. The van der Waals surface area contributed by atoms with Crippen molar-refractivity contribution in [1.29, 1.82) is 0 Å². The van der Waals surface area contributed by atoms with Crippen LogP contribution in [0.2, 0.25) is 0 Å². The Kier molecular flexibility index (Phi) is 3.95. The van der Waals surface area contributed by atoms with Crippen LogP contribution in [-0.2, 0) is 4.79 Å². The molecule has 0 bridgehead atoms. The molecule has 19 heavy (non-hydrogen) atoms. The van der Waals surface area contributed by atoms with E-state index >= 15 is 0 Å². The van der Waals surface area contributed by atoms with Gasteiger partial charge in [-0.15, -0.1) is 0 Å². The standard InChI is InChI=1S/C14H20N2O3/c1-2-7-14(18)9-16(10-14)13(17)8-19-12-5-3-11(15)4-6-12/h3-6,18H,2,7-10,15H2,1H3. The summed E-state index contributed by atoms with van der Waals surface area (Å²) >= 11 is 0. The molecule has 1 aliphatic rings. The van der Waals surface area contributed by atoms with Crippen molar-refractivity contribution < 1.29 is 14.6 Å². The van der Waals surface area contributed by atoms with E-state index in [1.165, 1.54) is 0 Å². The lowest BCUT2D eigenvalue weighted by atomic mass is 9.89. The Labute approximate surface area is 113 Å². The van der Waals surface area contributed by atoms with Crippen LogP contribution >= 0.6 is 0 Å². The predicted molar refractivity (Wildman–Crippen MR) is 72.8 cm³/mol. The first kappa shape index (κ1) is 13.7. The number of likely N-dealkylation sites (tertiary alicyclic amines) is 1. The number of hydrogen-bond donors (Lipinski definition) is 2. The molecule has 104 valence electrons. The lowest BCUT2D eigenvalue weighted by Crippen LogP contribution is -2.64. The number of amides is 1. The average Bonchev–Trinajstić information content (AvgIpc) is 2.35. The maximum absolute atomic E-state index is 11.8. The molecule has 2 rings (SSSR count). The number of rotatable bonds is 5. The number of carbonyl (C=O) groups excluding carboxylic acids is 1. The van der Waals surface area contributed by atoms with Crippen molar-refractivity contribution in [1.82, 2.24) is 4.90 Å². The second kappa shape index (κ2) is 5.48. The van der Waals surface area contributed by atoms with Gasteiger partial charge in [0, 0.05) is 5.69 Å². The summed E-state index contributed by atoms with van der Waals surface area (Å²) in [6.45, 7) is 2.83. The van der Waals surface area contributed by atoms with E-state index in [0.29, 0.717) is 24.5 Å². The van der Waals surface area contributed by atoms with Crippen LogP contribution in [0.1, 0.15) is 19.8 Å². The van der Waals surface area contributed by atoms with Crippen molar-refractivity contribution >= 4 is 11.6 Å². The van der Waals surface area contributed by atoms with Gasteiger partial charge in [-0.1, -0.05) is 13.3 Å². The molecule has 0 unspecified atom stereocenters. The minimum atomic E-state index is -0.689. The zero-order valence-electron chi connectivity index (χ0n) is 11.1. The van der Waals surface area contributed by atoms with Crippen LogP contribution < -0.4 is 10.5 Å². The summed E-state index contributed by atoms with van der Waals surface area (Å²) in [6.07, 6.45) is 1.65. The number of β-amino-alcohol motifs (C(OH)–C–C–N with tert-alkyl or cyclic N) is 1. The summed E-state index contributed by atoms with van der Waals surface area (Å²) in [7, 11) is 0. The lowest BCUT2D eigenvalue weighted by Gasteiger charge is -2.46. The summed E-state index contributed by atoms with van der Waals surface area (Å²) in [4.78, 5) is 13.4. The molecule has 0 spiro atoms. The SMILES string of the molecule is CCCC1(O)CN(C(=O)COc2ccc(N)cc2)C1. The zero-order chi connectivity index (χ0) is 13.9. The third-order valence-corrected chi connectivity index (χ3v) is 3.28. The molecule has 1 aromatic rings. The molecule has 0 aliphatic carbocycles. The molecule has 5 nitrogen and oxygen atoms in total. The number of anilines is 1. The van der Waals surface area contributed by atoms with Gasteiger partial charge >= 0.3 is 0 Å². The largest absolute Gasteiger partial charge is 0.484 e. The van der Waals surface area contributed by atoms with Gasteiger partial charge in [0.25, 0.3) is 5.91 Å². The number of nitrogens with two attached hydrogens (primary N) is 1. The van der Waals surface area contributed by atoms with Crippen molar-refractivity contribution in [3.8, 4) is 5.75 Å². The molecule has 5 heteroatoms. The quantitative estimate of drug-likeness (QED) is 0.779. The minimum Gasteiger partial charge on any atom is -0.484 e.